The molecule has 1 fully saturated rings. The Hall–Kier alpha value is -1.42. The van der Waals surface area contributed by atoms with E-state index in [1.807, 2.05) is 25.1 Å². The van der Waals surface area contributed by atoms with Crippen LogP contribution in [0.4, 0.5) is 10.5 Å². The van der Waals surface area contributed by atoms with E-state index < -0.39 is 10.0 Å². The van der Waals surface area contributed by atoms with Gasteiger partial charge < -0.3 is 4.74 Å². The quantitative estimate of drug-likeness (QED) is 0.556. The minimum absolute atomic E-state index is 0.0965. The van der Waals surface area contributed by atoms with Gasteiger partial charge in [-0.3, -0.25) is 4.90 Å². The van der Waals surface area contributed by atoms with E-state index in [9.17, 15) is 13.2 Å². The predicted molar refractivity (Wildman–Crippen MR) is 117 cm³/mol. The second-order valence-corrected chi connectivity index (χ2v) is 11.0. The molecule has 0 atom stereocenters. The highest BCUT2D eigenvalue weighted by molar-refractivity contribution is 9.10. The number of benzene rings is 2. The Morgan fingerprint density at radius 3 is 2.48 bits per heavy atom. The Balaban J connectivity index is 1.52. The van der Waals surface area contributed by atoms with Crippen LogP contribution in [0.5, 0.6) is 0 Å². The molecule has 1 saturated heterocycles. The summed E-state index contributed by atoms with van der Waals surface area (Å²) < 4.78 is 34.7. The van der Waals surface area contributed by atoms with Gasteiger partial charge in [-0.1, -0.05) is 31.9 Å². The zero-order valence-corrected chi connectivity index (χ0v) is 19.8. The SMILES string of the molecule is Cc1cc(S(=O)(=O)N2CCC(N3C(=O)OCc4cc(Br)ccc43)CC2)ccc1Br. The summed E-state index contributed by atoms with van der Waals surface area (Å²) in [5, 5.41) is 0. The molecule has 0 aliphatic carbocycles. The average molecular weight is 544 g/mol. The van der Waals surface area contributed by atoms with Crippen LogP contribution in [0.3, 0.4) is 0 Å². The molecule has 4 rings (SSSR count). The number of ether oxygens (including phenoxy) is 1. The number of amides is 1. The van der Waals surface area contributed by atoms with Gasteiger partial charge in [0.25, 0.3) is 0 Å². The second kappa shape index (κ2) is 8.02. The molecule has 0 bridgehead atoms. The fourth-order valence-electron chi connectivity index (χ4n) is 3.83. The molecule has 6 nitrogen and oxygen atoms in total. The Labute approximate surface area is 187 Å². The van der Waals surface area contributed by atoms with Crippen LogP contribution >= 0.6 is 31.9 Å². The summed E-state index contributed by atoms with van der Waals surface area (Å²) in [5.41, 5.74) is 2.66. The van der Waals surface area contributed by atoms with Gasteiger partial charge in [0.15, 0.2) is 0 Å². The molecular weight excluding hydrogens is 524 g/mol. The van der Waals surface area contributed by atoms with Crippen molar-refractivity contribution in [3.8, 4) is 0 Å². The number of hydrogen-bond acceptors (Lipinski definition) is 4. The number of fused-ring (bicyclic) bond motifs is 1. The van der Waals surface area contributed by atoms with Gasteiger partial charge in [-0.25, -0.2) is 13.2 Å². The van der Waals surface area contributed by atoms with Gasteiger partial charge in [0.1, 0.15) is 6.61 Å². The van der Waals surface area contributed by atoms with E-state index in [-0.39, 0.29) is 18.7 Å². The largest absolute Gasteiger partial charge is 0.444 e. The molecule has 9 heteroatoms. The van der Waals surface area contributed by atoms with Crippen molar-refractivity contribution in [2.24, 2.45) is 0 Å². The maximum absolute atomic E-state index is 13.0. The highest BCUT2D eigenvalue weighted by Crippen LogP contribution is 2.34. The van der Waals surface area contributed by atoms with Crippen molar-refractivity contribution >= 4 is 53.7 Å². The van der Waals surface area contributed by atoms with E-state index in [2.05, 4.69) is 31.9 Å². The lowest BCUT2D eigenvalue weighted by atomic mass is 10.0. The summed E-state index contributed by atoms with van der Waals surface area (Å²) in [4.78, 5) is 14.4. The molecule has 2 aliphatic heterocycles. The number of sulfonamides is 1. The number of carbonyl (C=O) groups excluding carboxylic acids is 1. The van der Waals surface area contributed by atoms with Crippen LogP contribution in [0, 0.1) is 6.92 Å². The minimum Gasteiger partial charge on any atom is -0.444 e. The molecule has 0 unspecified atom stereocenters. The Morgan fingerprint density at radius 2 is 1.79 bits per heavy atom. The van der Waals surface area contributed by atoms with Crippen LogP contribution in [0.25, 0.3) is 0 Å². The first-order valence-electron chi connectivity index (χ1n) is 9.28. The lowest BCUT2D eigenvalue weighted by molar-refractivity contribution is 0.135. The molecule has 29 heavy (non-hydrogen) atoms. The number of hydrogen-bond donors (Lipinski definition) is 0. The monoisotopic (exact) mass is 542 g/mol. The second-order valence-electron chi connectivity index (χ2n) is 7.24. The van der Waals surface area contributed by atoms with Gasteiger partial charge in [0.2, 0.25) is 10.0 Å². The molecule has 154 valence electrons. The number of nitrogens with zero attached hydrogens (tertiary/aromatic N) is 2. The average Bonchev–Trinajstić information content (AvgIpc) is 2.70. The van der Waals surface area contributed by atoms with Gasteiger partial charge in [-0.05, 0) is 61.7 Å². The van der Waals surface area contributed by atoms with Crippen molar-refractivity contribution in [2.45, 2.75) is 37.3 Å². The minimum atomic E-state index is -3.56. The number of aryl methyl sites for hydroxylation is 1. The Kier molecular flexibility index (Phi) is 5.76. The van der Waals surface area contributed by atoms with Crippen LogP contribution < -0.4 is 4.90 Å². The molecule has 2 aromatic carbocycles. The zero-order chi connectivity index (χ0) is 20.8. The summed E-state index contributed by atoms with van der Waals surface area (Å²) in [6.07, 6.45) is 0.739. The summed E-state index contributed by atoms with van der Waals surface area (Å²) in [6, 6.07) is 10.7. The number of piperidine rings is 1. The molecular formula is C20H20Br2N2O4S. The number of halogens is 2. The third-order valence-corrected chi connectivity index (χ3v) is 8.68. The summed E-state index contributed by atoms with van der Waals surface area (Å²) in [7, 11) is -3.56. The van der Waals surface area contributed by atoms with Crippen molar-refractivity contribution in [3.63, 3.8) is 0 Å². The highest BCUT2D eigenvalue weighted by atomic mass is 79.9. The smallest absolute Gasteiger partial charge is 0.414 e. The predicted octanol–water partition coefficient (Wildman–Crippen LogP) is 4.83. The van der Waals surface area contributed by atoms with E-state index in [1.54, 1.807) is 23.1 Å². The van der Waals surface area contributed by atoms with Crippen molar-refractivity contribution in [1.29, 1.82) is 0 Å². The Morgan fingerprint density at radius 1 is 1.07 bits per heavy atom. The van der Waals surface area contributed by atoms with Gasteiger partial charge in [-0.2, -0.15) is 4.31 Å². The molecule has 2 aliphatic rings. The third-order valence-electron chi connectivity index (χ3n) is 5.40. The molecule has 0 radical (unpaired) electrons. The van der Waals surface area contributed by atoms with Crippen molar-refractivity contribution in [1.82, 2.24) is 4.31 Å². The molecule has 2 aromatic rings. The molecule has 0 saturated carbocycles. The summed E-state index contributed by atoms with van der Waals surface area (Å²) >= 11 is 6.85. The van der Waals surface area contributed by atoms with E-state index >= 15 is 0 Å². The van der Waals surface area contributed by atoms with Crippen LogP contribution in [0.15, 0.2) is 50.2 Å². The topological polar surface area (TPSA) is 66.9 Å². The first-order chi connectivity index (χ1) is 13.8. The number of anilines is 1. The Bertz CT molecular complexity index is 1070. The first kappa shape index (κ1) is 20.8. The molecule has 0 aromatic heterocycles. The van der Waals surface area contributed by atoms with Crippen molar-refractivity contribution < 1.29 is 17.9 Å². The van der Waals surface area contributed by atoms with Crippen molar-refractivity contribution in [3.05, 3.63) is 56.5 Å². The normalized spacial score (nSPS) is 18.4. The van der Waals surface area contributed by atoms with Crippen LogP contribution in [0.2, 0.25) is 0 Å². The lowest BCUT2D eigenvalue weighted by Gasteiger charge is -2.39. The number of cyclic esters (lactones) is 1. The third kappa shape index (κ3) is 3.97. The van der Waals surface area contributed by atoms with E-state index in [1.165, 1.54) is 4.31 Å². The fraction of sp³-hybridized carbons (Fsp3) is 0.350. The van der Waals surface area contributed by atoms with Gasteiger partial charge in [0.05, 0.1) is 10.6 Å². The van der Waals surface area contributed by atoms with Gasteiger partial charge in [-0.15, -0.1) is 0 Å². The summed E-state index contributed by atoms with van der Waals surface area (Å²) in [6.45, 7) is 2.84. The molecule has 1 amide bonds. The van der Waals surface area contributed by atoms with E-state index in [0.29, 0.717) is 30.8 Å². The van der Waals surface area contributed by atoms with E-state index in [0.717, 1.165) is 25.8 Å². The van der Waals surface area contributed by atoms with Gasteiger partial charge in [0, 0.05) is 33.6 Å². The summed E-state index contributed by atoms with van der Waals surface area (Å²) in [5.74, 6) is 0. The van der Waals surface area contributed by atoms with Gasteiger partial charge >= 0.3 is 6.09 Å². The standard InChI is InChI=1S/C20H20Br2N2O4S/c1-13-10-17(3-4-18(13)22)29(26,27)23-8-6-16(7-9-23)24-19-5-2-15(21)11-14(19)12-28-20(24)25/h2-5,10-11,16H,6-9,12H2,1H3. The zero-order valence-electron chi connectivity index (χ0n) is 15.8. The highest BCUT2D eigenvalue weighted by Gasteiger charge is 2.37. The number of rotatable bonds is 3. The van der Waals surface area contributed by atoms with E-state index in [4.69, 9.17) is 4.74 Å². The maximum Gasteiger partial charge on any atom is 0.414 e. The molecule has 2 heterocycles. The van der Waals surface area contributed by atoms with Crippen LogP contribution in [-0.4, -0.2) is 37.9 Å². The van der Waals surface area contributed by atoms with Crippen molar-refractivity contribution in [2.75, 3.05) is 18.0 Å². The maximum atomic E-state index is 13.0. The first-order valence-corrected chi connectivity index (χ1v) is 12.3. The molecule has 0 N–H and O–H groups in total. The van der Waals surface area contributed by atoms with Crippen LogP contribution in [-0.2, 0) is 21.4 Å². The van der Waals surface area contributed by atoms with Crippen LogP contribution in [0.1, 0.15) is 24.0 Å². The molecule has 0 spiro atoms. The number of carbonyl (C=O) groups is 1. The lowest BCUT2D eigenvalue weighted by Crippen LogP contribution is -2.50. The fourth-order valence-corrected chi connectivity index (χ4v) is 6.04.